The molecule has 3 aromatic rings. The van der Waals surface area contributed by atoms with E-state index in [9.17, 15) is 13.6 Å². The maximum atomic E-state index is 14.2. The van der Waals surface area contributed by atoms with Gasteiger partial charge in [0.15, 0.2) is 0 Å². The second-order valence-corrected chi connectivity index (χ2v) is 7.99. The molecule has 5 heterocycles. The highest BCUT2D eigenvalue weighted by atomic mass is 19.1. The van der Waals surface area contributed by atoms with Crippen molar-refractivity contribution in [2.75, 3.05) is 19.6 Å². The third kappa shape index (κ3) is 2.26. The van der Waals surface area contributed by atoms with E-state index in [1.807, 2.05) is 0 Å². The number of halogens is 2. The van der Waals surface area contributed by atoms with Crippen molar-refractivity contribution in [3.05, 3.63) is 58.7 Å². The molecule has 3 aliphatic rings. The Bertz CT molecular complexity index is 1200. The third-order valence-corrected chi connectivity index (χ3v) is 6.37. The van der Waals surface area contributed by atoms with Crippen molar-refractivity contribution in [1.29, 1.82) is 0 Å². The van der Waals surface area contributed by atoms with Crippen LogP contribution in [-0.2, 0) is 18.3 Å². The van der Waals surface area contributed by atoms with Gasteiger partial charge in [0.25, 0.3) is 5.91 Å². The van der Waals surface area contributed by atoms with Crippen LogP contribution in [0.25, 0.3) is 22.5 Å². The number of nitrogens with zero attached hydrogens (tertiary/aromatic N) is 2. The molecule has 29 heavy (non-hydrogen) atoms. The van der Waals surface area contributed by atoms with Crippen molar-refractivity contribution in [3.63, 3.8) is 0 Å². The first-order valence-corrected chi connectivity index (χ1v) is 9.62. The number of hydrogen-bond donors (Lipinski definition) is 3. The number of H-pyrrole nitrogens is 1. The molecule has 6 rings (SSSR count). The van der Waals surface area contributed by atoms with Gasteiger partial charge < -0.3 is 15.6 Å². The summed E-state index contributed by atoms with van der Waals surface area (Å²) in [6.45, 7) is 2.26. The number of aromatic amines is 1. The van der Waals surface area contributed by atoms with Crippen molar-refractivity contribution in [2.24, 2.45) is 0 Å². The third-order valence-electron chi connectivity index (χ3n) is 6.37. The Kier molecular flexibility index (Phi) is 3.30. The molecule has 0 atom stereocenters. The number of aromatic nitrogens is 3. The summed E-state index contributed by atoms with van der Waals surface area (Å²) in [5.41, 5.74) is 6.04. The van der Waals surface area contributed by atoms with E-state index in [0.717, 1.165) is 65.6 Å². The van der Waals surface area contributed by atoms with E-state index in [1.165, 1.54) is 6.07 Å². The van der Waals surface area contributed by atoms with Gasteiger partial charge in [-0.1, -0.05) is 0 Å². The minimum atomic E-state index is -0.891. The fourth-order valence-corrected chi connectivity index (χ4v) is 4.75. The van der Waals surface area contributed by atoms with Gasteiger partial charge in [0, 0.05) is 37.1 Å². The average molecular weight is 393 g/mol. The highest BCUT2D eigenvalue weighted by Gasteiger charge is 2.47. The average Bonchev–Trinajstić information content (AvgIpc) is 3.08. The molecule has 2 aliphatic heterocycles. The van der Waals surface area contributed by atoms with Gasteiger partial charge in [0.1, 0.15) is 0 Å². The van der Waals surface area contributed by atoms with Gasteiger partial charge in [-0.3, -0.25) is 9.78 Å². The second-order valence-electron chi connectivity index (χ2n) is 7.99. The van der Waals surface area contributed by atoms with Gasteiger partial charge in [0.05, 0.1) is 27.9 Å². The molecule has 0 bridgehead atoms. The highest BCUT2D eigenvalue weighted by molar-refractivity contribution is 6.01. The van der Waals surface area contributed by atoms with Gasteiger partial charge in [-0.05, 0) is 42.2 Å². The molecule has 0 aromatic carbocycles. The van der Waals surface area contributed by atoms with Crippen LogP contribution in [0.5, 0.6) is 0 Å². The summed E-state index contributed by atoms with van der Waals surface area (Å²) in [5, 5.41) is 6.34. The van der Waals surface area contributed by atoms with Crippen LogP contribution in [0.3, 0.4) is 0 Å². The van der Waals surface area contributed by atoms with Crippen molar-refractivity contribution < 1.29 is 13.6 Å². The molecule has 8 heteroatoms. The summed E-state index contributed by atoms with van der Waals surface area (Å²) in [6.07, 6.45) is 3.23. The molecule has 3 aromatic heterocycles. The molecular weight excluding hydrogens is 376 g/mol. The quantitative estimate of drug-likeness (QED) is 0.553. The molecule has 1 spiro atoms. The summed E-state index contributed by atoms with van der Waals surface area (Å²) < 4.78 is 27.4. The summed E-state index contributed by atoms with van der Waals surface area (Å²) in [5.74, 6) is -1.80. The molecule has 1 aliphatic carbocycles. The molecule has 6 nitrogen and oxygen atoms in total. The molecule has 0 saturated carbocycles. The zero-order chi connectivity index (χ0) is 19.8. The highest BCUT2D eigenvalue weighted by Crippen LogP contribution is 2.43. The first kappa shape index (κ1) is 16.8. The Labute approximate surface area is 164 Å². The van der Waals surface area contributed by atoms with Gasteiger partial charge in [0.2, 0.25) is 11.9 Å². The smallest absolute Gasteiger partial charge is 0.253 e. The van der Waals surface area contributed by atoms with Crippen LogP contribution in [-0.4, -0.2) is 40.5 Å². The molecular formula is C21H17F2N5O. The van der Waals surface area contributed by atoms with E-state index >= 15 is 0 Å². The number of nitrogens with one attached hydrogen (secondary N) is 3. The fraction of sp³-hybridized carbons (Fsp3) is 0.286. The fourth-order valence-electron chi connectivity index (χ4n) is 4.75. The molecule has 3 N–H and O–H groups in total. The summed E-state index contributed by atoms with van der Waals surface area (Å²) in [6, 6.07) is 4.27. The van der Waals surface area contributed by atoms with E-state index < -0.39 is 11.9 Å². The number of amides is 1. The summed E-state index contributed by atoms with van der Waals surface area (Å²) in [7, 11) is 0. The first-order chi connectivity index (χ1) is 14.1. The lowest BCUT2D eigenvalue weighted by Crippen LogP contribution is -2.64. The normalized spacial score (nSPS) is 18.5. The number of hydrogen-bond acceptors (Lipinski definition) is 4. The first-order valence-electron chi connectivity index (χ1n) is 9.62. The summed E-state index contributed by atoms with van der Waals surface area (Å²) >= 11 is 0. The molecule has 0 radical (unpaired) electrons. The molecule has 146 valence electrons. The monoisotopic (exact) mass is 393 g/mol. The van der Waals surface area contributed by atoms with E-state index in [4.69, 9.17) is 0 Å². The van der Waals surface area contributed by atoms with Crippen molar-refractivity contribution in [1.82, 2.24) is 25.6 Å². The van der Waals surface area contributed by atoms with Crippen molar-refractivity contribution >= 4 is 5.91 Å². The lowest BCUT2D eigenvalue weighted by molar-refractivity contribution is 0.0905. The molecule has 1 fully saturated rings. The summed E-state index contributed by atoms with van der Waals surface area (Å²) in [4.78, 5) is 23.8. The molecule has 1 amide bonds. The number of carbonyl (C=O) groups excluding carboxylic acids is 1. The van der Waals surface area contributed by atoms with Gasteiger partial charge in [-0.2, -0.15) is 13.8 Å². The van der Waals surface area contributed by atoms with Crippen LogP contribution in [0.2, 0.25) is 0 Å². The predicted molar refractivity (Wildman–Crippen MR) is 101 cm³/mol. The van der Waals surface area contributed by atoms with E-state index in [-0.39, 0.29) is 16.9 Å². The van der Waals surface area contributed by atoms with Crippen LogP contribution < -0.4 is 10.6 Å². The van der Waals surface area contributed by atoms with Gasteiger partial charge in [-0.25, -0.2) is 0 Å². The van der Waals surface area contributed by atoms with Crippen LogP contribution in [0.1, 0.15) is 27.2 Å². The van der Waals surface area contributed by atoms with E-state index in [2.05, 4.69) is 25.6 Å². The van der Waals surface area contributed by atoms with Gasteiger partial charge in [-0.15, -0.1) is 0 Å². The zero-order valence-corrected chi connectivity index (χ0v) is 15.4. The standard InChI is InChI=1S/C21H17F2N5O/c22-15-4-3-11(19(23)27-15)14-5-13-10(6-25-14)1-2-12-16-18(28-17(12)13)21(7-24-8-21)9-26-20(16)29/h3-6,24,28H,1-2,7-9H2,(H,26,29). The zero-order valence-electron chi connectivity index (χ0n) is 15.4. The topological polar surface area (TPSA) is 82.7 Å². The Morgan fingerprint density at radius 2 is 1.93 bits per heavy atom. The number of rotatable bonds is 1. The van der Waals surface area contributed by atoms with E-state index in [1.54, 1.807) is 12.3 Å². The minimum absolute atomic E-state index is 0.0402. The predicted octanol–water partition coefficient (Wildman–Crippen LogP) is 2.10. The van der Waals surface area contributed by atoms with Crippen LogP contribution >= 0.6 is 0 Å². The second kappa shape index (κ2) is 5.70. The molecule has 1 saturated heterocycles. The SMILES string of the molecule is O=C1NCC2(CNC2)c2[nH]c3c(c21)CCc1cnc(-c2ccc(F)nc2F)cc1-3. The number of pyridine rings is 2. The van der Waals surface area contributed by atoms with Crippen molar-refractivity contribution in [2.45, 2.75) is 18.3 Å². The lowest BCUT2D eigenvalue weighted by Gasteiger charge is -2.45. The van der Waals surface area contributed by atoms with Crippen molar-refractivity contribution in [3.8, 4) is 22.5 Å². The number of fused-ring (bicyclic) bond motifs is 6. The molecule has 0 unspecified atom stereocenters. The number of aryl methyl sites for hydroxylation is 1. The Morgan fingerprint density at radius 1 is 1.07 bits per heavy atom. The maximum absolute atomic E-state index is 14.2. The Morgan fingerprint density at radius 3 is 2.69 bits per heavy atom. The Hall–Kier alpha value is -3.13. The van der Waals surface area contributed by atoms with Crippen LogP contribution in [0.4, 0.5) is 8.78 Å². The van der Waals surface area contributed by atoms with Gasteiger partial charge >= 0.3 is 0 Å². The Balaban J connectivity index is 1.53. The number of carbonyl (C=O) groups is 1. The van der Waals surface area contributed by atoms with Crippen LogP contribution in [0.15, 0.2) is 24.4 Å². The van der Waals surface area contributed by atoms with Crippen LogP contribution in [0, 0.1) is 11.9 Å². The maximum Gasteiger partial charge on any atom is 0.253 e. The minimum Gasteiger partial charge on any atom is -0.357 e. The lowest BCUT2D eigenvalue weighted by atomic mass is 9.74. The van der Waals surface area contributed by atoms with E-state index in [0.29, 0.717) is 12.2 Å². The largest absolute Gasteiger partial charge is 0.357 e.